The molecule has 0 spiro atoms. The van der Waals surface area contributed by atoms with Crippen LogP contribution in [0.3, 0.4) is 0 Å². The summed E-state index contributed by atoms with van der Waals surface area (Å²) in [6.07, 6.45) is 5.13. The molecule has 76 valence electrons. The fourth-order valence-electron chi connectivity index (χ4n) is 2.90. The third-order valence-corrected chi connectivity index (χ3v) is 5.14. The molecule has 2 aliphatic carbocycles. The summed E-state index contributed by atoms with van der Waals surface area (Å²) in [5.74, 6) is 0.904. The Bertz CT molecular complexity index is 209. The van der Waals surface area contributed by atoms with E-state index in [1.807, 2.05) is 0 Å². The first-order valence-corrected chi connectivity index (χ1v) is 5.58. The van der Waals surface area contributed by atoms with E-state index in [9.17, 15) is 0 Å². The van der Waals surface area contributed by atoms with Crippen molar-refractivity contribution in [2.45, 2.75) is 58.9 Å². The summed E-state index contributed by atoms with van der Waals surface area (Å²) in [6.45, 7) is 9.59. The molecule has 0 unspecified atom stereocenters. The second-order valence-corrected chi connectivity index (χ2v) is 6.40. The van der Waals surface area contributed by atoms with Crippen molar-refractivity contribution in [3.05, 3.63) is 0 Å². The second-order valence-electron chi connectivity index (χ2n) is 6.40. The molecule has 0 saturated heterocycles. The number of nitrogens with two attached hydrogens (primary N) is 1. The van der Waals surface area contributed by atoms with Crippen molar-refractivity contribution in [2.75, 3.05) is 0 Å². The molecule has 0 radical (unpaired) electrons. The lowest BCUT2D eigenvalue weighted by molar-refractivity contribution is 0.457. The maximum absolute atomic E-state index is 6.10. The minimum atomic E-state index is 0.259. The minimum Gasteiger partial charge on any atom is -0.325 e. The smallest absolute Gasteiger partial charge is 0.0155 e. The van der Waals surface area contributed by atoms with Crippen molar-refractivity contribution >= 4 is 0 Å². The van der Waals surface area contributed by atoms with E-state index in [-0.39, 0.29) is 5.54 Å². The van der Waals surface area contributed by atoms with Gasteiger partial charge in [0, 0.05) is 5.54 Å². The summed E-state index contributed by atoms with van der Waals surface area (Å²) < 4.78 is 0. The number of hydrogen-bond acceptors (Lipinski definition) is 1. The van der Waals surface area contributed by atoms with Crippen molar-refractivity contribution < 1.29 is 0 Å². The lowest BCUT2D eigenvalue weighted by atomic mass is 10.0. The van der Waals surface area contributed by atoms with Gasteiger partial charge in [-0.2, -0.15) is 0 Å². The van der Waals surface area contributed by atoms with E-state index in [2.05, 4.69) is 27.7 Å². The van der Waals surface area contributed by atoms with Crippen molar-refractivity contribution in [1.82, 2.24) is 0 Å². The third-order valence-electron chi connectivity index (χ3n) is 5.14. The summed E-state index contributed by atoms with van der Waals surface area (Å²) in [6, 6.07) is 0. The fourth-order valence-corrected chi connectivity index (χ4v) is 2.90. The van der Waals surface area contributed by atoms with E-state index in [1.165, 1.54) is 25.7 Å². The predicted molar refractivity (Wildman–Crippen MR) is 56.4 cm³/mol. The molecule has 13 heavy (non-hydrogen) atoms. The minimum absolute atomic E-state index is 0.259. The van der Waals surface area contributed by atoms with Gasteiger partial charge in [0.15, 0.2) is 0 Å². The zero-order chi connectivity index (χ0) is 9.91. The highest BCUT2D eigenvalue weighted by molar-refractivity contribution is 5.13. The molecule has 2 rings (SSSR count). The molecular weight excluding hydrogens is 158 g/mol. The van der Waals surface area contributed by atoms with Crippen LogP contribution < -0.4 is 5.73 Å². The molecule has 2 fully saturated rings. The van der Waals surface area contributed by atoms with Gasteiger partial charge in [-0.3, -0.25) is 0 Å². The zero-order valence-electron chi connectivity index (χ0n) is 9.48. The largest absolute Gasteiger partial charge is 0.325 e. The lowest BCUT2D eigenvalue weighted by Gasteiger charge is -2.08. The van der Waals surface area contributed by atoms with E-state index >= 15 is 0 Å². The van der Waals surface area contributed by atoms with E-state index < -0.39 is 0 Å². The lowest BCUT2D eigenvalue weighted by Crippen LogP contribution is -2.21. The Morgan fingerprint density at radius 3 is 1.85 bits per heavy atom. The van der Waals surface area contributed by atoms with Gasteiger partial charge >= 0.3 is 0 Å². The van der Waals surface area contributed by atoms with Gasteiger partial charge in [0.1, 0.15) is 0 Å². The summed E-state index contributed by atoms with van der Waals surface area (Å²) in [4.78, 5) is 0. The van der Waals surface area contributed by atoms with Gasteiger partial charge in [0.2, 0.25) is 0 Å². The van der Waals surface area contributed by atoms with Crippen molar-refractivity contribution in [3.8, 4) is 0 Å². The summed E-state index contributed by atoms with van der Waals surface area (Å²) >= 11 is 0. The topological polar surface area (TPSA) is 26.0 Å². The fraction of sp³-hybridized carbons (Fsp3) is 1.00. The molecule has 1 nitrogen and oxygen atoms in total. The van der Waals surface area contributed by atoms with Crippen LogP contribution in [0.4, 0.5) is 0 Å². The van der Waals surface area contributed by atoms with Gasteiger partial charge in [0.25, 0.3) is 0 Å². The maximum Gasteiger partial charge on any atom is 0.0155 e. The Balaban J connectivity index is 1.85. The number of hydrogen-bond donors (Lipinski definition) is 1. The van der Waals surface area contributed by atoms with Crippen LogP contribution in [-0.2, 0) is 0 Å². The molecule has 2 N–H and O–H groups in total. The van der Waals surface area contributed by atoms with Crippen molar-refractivity contribution in [3.63, 3.8) is 0 Å². The molecular formula is C12H23N. The molecule has 2 saturated carbocycles. The highest BCUT2D eigenvalue weighted by atomic mass is 14.8. The third kappa shape index (κ3) is 1.32. The Morgan fingerprint density at radius 2 is 1.54 bits per heavy atom. The van der Waals surface area contributed by atoms with Crippen molar-refractivity contribution in [1.29, 1.82) is 0 Å². The van der Waals surface area contributed by atoms with E-state index in [0.29, 0.717) is 10.8 Å². The quantitative estimate of drug-likeness (QED) is 0.711. The van der Waals surface area contributed by atoms with Gasteiger partial charge in [0.05, 0.1) is 0 Å². The Morgan fingerprint density at radius 1 is 1.08 bits per heavy atom. The average Bonchev–Trinajstić information content (AvgIpc) is 2.75. The highest BCUT2D eigenvalue weighted by Crippen LogP contribution is 2.70. The van der Waals surface area contributed by atoms with Gasteiger partial charge in [-0.15, -0.1) is 0 Å². The van der Waals surface area contributed by atoms with Crippen LogP contribution in [0.1, 0.15) is 53.4 Å². The van der Waals surface area contributed by atoms with Gasteiger partial charge in [-0.05, 0) is 42.4 Å². The second kappa shape index (κ2) is 2.31. The predicted octanol–water partition coefficient (Wildman–Crippen LogP) is 2.94. The molecule has 0 aliphatic heterocycles. The van der Waals surface area contributed by atoms with Crippen LogP contribution in [0.15, 0.2) is 0 Å². The molecule has 0 bridgehead atoms. The van der Waals surface area contributed by atoms with Crippen LogP contribution in [0.2, 0.25) is 0 Å². The highest BCUT2D eigenvalue weighted by Gasteiger charge is 2.64. The normalized spacial score (nSPS) is 33.0. The van der Waals surface area contributed by atoms with Crippen LogP contribution >= 0.6 is 0 Å². The van der Waals surface area contributed by atoms with Crippen LogP contribution in [-0.4, -0.2) is 5.54 Å². The van der Waals surface area contributed by atoms with Gasteiger partial charge in [-0.1, -0.05) is 27.7 Å². The average molecular weight is 181 g/mol. The van der Waals surface area contributed by atoms with Crippen LogP contribution in [0, 0.1) is 16.7 Å². The van der Waals surface area contributed by atoms with Crippen LogP contribution in [0.25, 0.3) is 0 Å². The van der Waals surface area contributed by atoms with Crippen molar-refractivity contribution in [2.24, 2.45) is 22.5 Å². The first kappa shape index (κ1) is 9.51. The molecule has 0 aromatic rings. The van der Waals surface area contributed by atoms with E-state index in [1.54, 1.807) is 0 Å². The Hall–Kier alpha value is -0.0400. The molecule has 0 atom stereocenters. The van der Waals surface area contributed by atoms with E-state index in [4.69, 9.17) is 5.73 Å². The molecule has 0 amide bonds. The Kier molecular flexibility index (Phi) is 1.69. The Labute approximate surface area is 82.1 Å². The first-order valence-electron chi connectivity index (χ1n) is 5.58. The van der Waals surface area contributed by atoms with Gasteiger partial charge < -0.3 is 5.73 Å². The molecule has 1 heteroatoms. The number of rotatable bonds is 3. The monoisotopic (exact) mass is 181 g/mol. The SMILES string of the molecule is CC1(C)C(CCC2(N)CC2)C1(C)C. The van der Waals surface area contributed by atoms with Crippen LogP contribution in [0.5, 0.6) is 0 Å². The zero-order valence-corrected chi connectivity index (χ0v) is 9.48. The van der Waals surface area contributed by atoms with Gasteiger partial charge in [-0.25, -0.2) is 0 Å². The summed E-state index contributed by atoms with van der Waals surface area (Å²) in [7, 11) is 0. The first-order chi connectivity index (χ1) is 5.80. The standard InChI is InChI=1S/C12H23N/c1-10(2)9(11(10,3)4)5-6-12(13)7-8-12/h9H,5-8,13H2,1-4H3. The molecule has 0 heterocycles. The summed E-state index contributed by atoms with van der Waals surface area (Å²) in [5.41, 5.74) is 7.47. The van der Waals surface area contributed by atoms with E-state index in [0.717, 1.165) is 5.92 Å². The molecule has 0 aromatic heterocycles. The molecule has 0 aromatic carbocycles. The maximum atomic E-state index is 6.10. The summed E-state index contributed by atoms with van der Waals surface area (Å²) in [5, 5.41) is 0. The molecule has 2 aliphatic rings.